The number of rotatable bonds is 9. The zero-order valence-corrected chi connectivity index (χ0v) is 14.7. The van der Waals surface area contributed by atoms with Crippen molar-refractivity contribution in [2.75, 3.05) is 20.3 Å². The van der Waals surface area contributed by atoms with Gasteiger partial charge in [-0.2, -0.15) is 0 Å². The minimum Gasteiger partial charge on any atom is -0.497 e. The van der Waals surface area contributed by atoms with E-state index in [4.69, 9.17) is 14.6 Å². The van der Waals surface area contributed by atoms with Crippen LogP contribution < -0.4 is 9.47 Å². The SMILES string of the molecule is COc1cccc(OCC(=O)N(CCC(=O)O)Cc2ccc(F)c(F)c2)c1. The number of nitrogens with zero attached hydrogens (tertiary/aromatic N) is 1. The van der Waals surface area contributed by atoms with Crippen molar-refractivity contribution < 1.29 is 33.0 Å². The molecule has 144 valence electrons. The molecule has 0 aromatic heterocycles. The van der Waals surface area contributed by atoms with E-state index in [0.717, 1.165) is 12.1 Å². The van der Waals surface area contributed by atoms with E-state index < -0.39 is 23.5 Å². The molecule has 0 atom stereocenters. The van der Waals surface area contributed by atoms with E-state index in [2.05, 4.69) is 0 Å². The van der Waals surface area contributed by atoms with Crippen molar-refractivity contribution in [3.63, 3.8) is 0 Å². The number of hydrogen-bond donors (Lipinski definition) is 1. The van der Waals surface area contributed by atoms with Crippen LogP contribution in [0, 0.1) is 11.6 Å². The molecule has 0 saturated heterocycles. The molecule has 8 heteroatoms. The van der Waals surface area contributed by atoms with Gasteiger partial charge in [0.2, 0.25) is 0 Å². The topological polar surface area (TPSA) is 76.1 Å². The molecule has 0 heterocycles. The number of benzene rings is 2. The Morgan fingerprint density at radius 1 is 1.07 bits per heavy atom. The Labute approximate surface area is 154 Å². The Hall–Kier alpha value is -3.16. The highest BCUT2D eigenvalue weighted by molar-refractivity contribution is 5.78. The van der Waals surface area contributed by atoms with Gasteiger partial charge in [-0.3, -0.25) is 9.59 Å². The van der Waals surface area contributed by atoms with Gasteiger partial charge in [0.1, 0.15) is 11.5 Å². The number of aliphatic carboxylic acids is 1. The van der Waals surface area contributed by atoms with Gasteiger partial charge in [-0.15, -0.1) is 0 Å². The van der Waals surface area contributed by atoms with Crippen LogP contribution in [0.25, 0.3) is 0 Å². The van der Waals surface area contributed by atoms with Gasteiger partial charge in [0.05, 0.1) is 13.5 Å². The van der Waals surface area contributed by atoms with Crippen LogP contribution in [0.3, 0.4) is 0 Å². The summed E-state index contributed by atoms with van der Waals surface area (Å²) in [5.74, 6) is -2.62. The number of ether oxygens (including phenoxy) is 2. The zero-order chi connectivity index (χ0) is 19.8. The summed E-state index contributed by atoms with van der Waals surface area (Å²) < 4.78 is 36.9. The van der Waals surface area contributed by atoms with Gasteiger partial charge in [-0.1, -0.05) is 12.1 Å². The van der Waals surface area contributed by atoms with Crippen LogP contribution in [-0.2, 0) is 16.1 Å². The maximum atomic E-state index is 13.4. The van der Waals surface area contributed by atoms with Gasteiger partial charge >= 0.3 is 5.97 Å². The molecule has 1 N–H and O–H groups in total. The van der Waals surface area contributed by atoms with Crippen LogP contribution in [-0.4, -0.2) is 42.1 Å². The third-order valence-corrected chi connectivity index (χ3v) is 3.71. The summed E-state index contributed by atoms with van der Waals surface area (Å²) in [4.78, 5) is 24.5. The van der Waals surface area contributed by atoms with E-state index >= 15 is 0 Å². The first-order valence-electron chi connectivity index (χ1n) is 8.09. The number of carbonyl (C=O) groups is 2. The fourth-order valence-corrected chi connectivity index (χ4v) is 2.31. The first kappa shape index (κ1) is 20.2. The molecule has 0 aliphatic heterocycles. The quantitative estimate of drug-likeness (QED) is 0.725. The van der Waals surface area contributed by atoms with Crippen LogP contribution in [0.2, 0.25) is 0 Å². The fourth-order valence-electron chi connectivity index (χ4n) is 2.31. The Morgan fingerprint density at radius 3 is 2.48 bits per heavy atom. The molecule has 0 fully saturated rings. The van der Waals surface area contributed by atoms with Crippen molar-refractivity contribution in [1.82, 2.24) is 4.90 Å². The van der Waals surface area contributed by atoms with Crippen LogP contribution in [0.15, 0.2) is 42.5 Å². The number of carboxylic acids is 1. The summed E-state index contributed by atoms with van der Waals surface area (Å²) in [5.41, 5.74) is 0.342. The molecule has 2 rings (SSSR count). The highest BCUT2D eigenvalue weighted by Gasteiger charge is 2.17. The Bertz CT molecular complexity index is 812. The van der Waals surface area contributed by atoms with E-state index in [1.54, 1.807) is 24.3 Å². The molecule has 0 unspecified atom stereocenters. The zero-order valence-electron chi connectivity index (χ0n) is 14.7. The molecule has 0 saturated carbocycles. The molecule has 0 radical (unpaired) electrons. The average Bonchev–Trinajstić information content (AvgIpc) is 2.66. The molecule has 2 aromatic carbocycles. The Morgan fingerprint density at radius 2 is 1.81 bits per heavy atom. The summed E-state index contributed by atoms with van der Waals surface area (Å²) in [6.07, 6.45) is -0.283. The lowest BCUT2D eigenvalue weighted by atomic mass is 10.2. The predicted molar refractivity (Wildman–Crippen MR) is 92.5 cm³/mol. The van der Waals surface area contributed by atoms with E-state index in [-0.39, 0.29) is 26.1 Å². The molecule has 0 bridgehead atoms. The standard InChI is InChI=1S/C19H19F2NO5/c1-26-14-3-2-4-15(10-14)27-12-18(23)22(8-7-19(24)25)11-13-5-6-16(20)17(21)9-13/h2-6,9-10H,7-8,11-12H2,1H3,(H,24,25). The van der Waals surface area contributed by atoms with Crippen molar-refractivity contribution in [2.45, 2.75) is 13.0 Å². The van der Waals surface area contributed by atoms with Crippen LogP contribution in [0.1, 0.15) is 12.0 Å². The molecule has 0 spiro atoms. The normalized spacial score (nSPS) is 10.3. The third kappa shape index (κ3) is 6.25. The van der Waals surface area contributed by atoms with Gasteiger partial charge in [0.25, 0.3) is 5.91 Å². The smallest absolute Gasteiger partial charge is 0.305 e. The van der Waals surface area contributed by atoms with Crippen molar-refractivity contribution in [3.8, 4) is 11.5 Å². The van der Waals surface area contributed by atoms with Gasteiger partial charge in [-0.25, -0.2) is 8.78 Å². The maximum Gasteiger partial charge on any atom is 0.305 e. The summed E-state index contributed by atoms with van der Waals surface area (Å²) in [5, 5.41) is 8.86. The average molecular weight is 379 g/mol. The largest absolute Gasteiger partial charge is 0.497 e. The van der Waals surface area contributed by atoms with Crippen LogP contribution in [0.4, 0.5) is 8.78 Å². The lowest BCUT2D eigenvalue weighted by Crippen LogP contribution is -2.36. The van der Waals surface area contributed by atoms with Crippen LogP contribution in [0.5, 0.6) is 11.5 Å². The van der Waals surface area contributed by atoms with E-state index in [1.807, 2.05) is 0 Å². The summed E-state index contributed by atoms with van der Waals surface area (Å²) in [6.45, 7) is -0.490. The van der Waals surface area contributed by atoms with Crippen molar-refractivity contribution >= 4 is 11.9 Å². The van der Waals surface area contributed by atoms with E-state index in [1.165, 1.54) is 18.1 Å². The molecular formula is C19H19F2NO5. The van der Waals surface area contributed by atoms with Gasteiger partial charge in [0.15, 0.2) is 18.2 Å². The lowest BCUT2D eigenvalue weighted by molar-refractivity contribution is -0.139. The number of methoxy groups -OCH3 is 1. The second-order valence-electron chi connectivity index (χ2n) is 5.68. The van der Waals surface area contributed by atoms with E-state index in [9.17, 15) is 18.4 Å². The number of carboxylic acid groups (broad SMARTS) is 1. The lowest BCUT2D eigenvalue weighted by Gasteiger charge is -2.22. The number of carbonyl (C=O) groups excluding carboxylic acids is 1. The monoisotopic (exact) mass is 379 g/mol. The molecule has 0 aliphatic rings. The van der Waals surface area contributed by atoms with Crippen molar-refractivity contribution in [2.24, 2.45) is 0 Å². The second kappa shape index (κ2) is 9.51. The highest BCUT2D eigenvalue weighted by Crippen LogP contribution is 2.19. The van der Waals surface area contributed by atoms with Crippen molar-refractivity contribution in [3.05, 3.63) is 59.7 Å². The maximum absolute atomic E-state index is 13.4. The number of halogens is 2. The van der Waals surface area contributed by atoms with E-state index in [0.29, 0.717) is 17.1 Å². The molecule has 1 amide bonds. The summed E-state index contributed by atoms with van der Waals surface area (Å²) in [6, 6.07) is 9.93. The molecule has 0 aliphatic carbocycles. The Balaban J connectivity index is 2.05. The molecule has 27 heavy (non-hydrogen) atoms. The van der Waals surface area contributed by atoms with Gasteiger partial charge in [0, 0.05) is 19.2 Å². The minimum absolute atomic E-state index is 0.0647. The number of hydrogen-bond acceptors (Lipinski definition) is 4. The number of amides is 1. The third-order valence-electron chi connectivity index (χ3n) is 3.71. The summed E-state index contributed by atoms with van der Waals surface area (Å²) >= 11 is 0. The van der Waals surface area contributed by atoms with Gasteiger partial charge < -0.3 is 19.5 Å². The van der Waals surface area contributed by atoms with Crippen LogP contribution >= 0.6 is 0 Å². The van der Waals surface area contributed by atoms with Gasteiger partial charge in [-0.05, 0) is 29.8 Å². The second-order valence-corrected chi connectivity index (χ2v) is 5.68. The molecule has 2 aromatic rings. The summed E-state index contributed by atoms with van der Waals surface area (Å²) in [7, 11) is 1.50. The highest BCUT2D eigenvalue weighted by atomic mass is 19.2. The Kier molecular flexibility index (Phi) is 7.10. The predicted octanol–water partition coefficient (Wildman–Crippen LogP) is 2.86. The first-order valence-corrected chi connectivity index (χ1v) is 8.09. The molecular weight excluding hydrogens is 360 g/mol. The molecule has 6 nitrogen and oxygen atoms in total. The van der Waals surface area contributed by atoms with Crippen molar-refractivity contribution in [1.29, 1.82) is 0 Å². The minimum atomic E-state index is -1.08. The first-order chi connectivity index (χ1) is 12.9. The fraction of sp³-hybridized carbons (Fsp3) is 0.263.